The lowest BCUT2D eigenvalue weighted by atomic mass is 9.96. The molecule has 0 atom stereocenters. The molecule has 0 aromatic carbocycles. The van der Waals surface area contributed by atoms with Crippen molar-refractivity contribution < 1.29 is 9.59 Å². The van der Waals surface area contributed by atoms with Gasteiger partial charge < -0.3 is 15.1 Å². The molecular weight excluding hydrogens is 316 g/mol. The normalized spacial score (nSPS) is 20.0. The van der Waals surface area contributed by atoms with Gasteiger partial charge in [-0.1, -0.05) is 0 Å². The maximum atomic E-state index is 12.5. The lowest BCUT2D eigenvalue weighted by Gasteiger charge is -2.37. The van der Waals surface area contributed by atoms with E-state index in [1.54, 1.807) is 0 Å². The maximum Gasteiger partial charge on any atom is 0.236 e. The summed E-state index contributed by atoms with van der Waals surface area (Å²) in [5.41, 5.74) is 0. The molecule has 6 nitrogen and oxygen atoms in total. The van der Waals surface area contributed by atoms with Crippen LogP contribution >= 0.6 is 12.4 Å². The van der Waals surface area contributed by atoms with Crippen LogP contribution in [-0.4, -0.2) is 85.4 Å². The van der Waals surface area contributed by atoms with Crippen molar-refractivity contribution in [3.05, 3.63) is 0 Å². The topological polar surface area (TPSA) is 55.9 Å². The van der Waals surface area contributed by atoms with Crippen LogP contribution in [0.4, 0.5) is 0 Å². The summed E-state index contributed by atoms with van der Waals surface area (Å²) in [4.78, 5) is 30.7. The van der Waals surface area contributed by atoms with Gasteiger partial charge in [0.1, 0.15) is 0 Å². The molecule has 0 aromatic heterocycles. The zero-order valence-corrected chi connectivity index (χ0v) is 15.2. The van der Waals surface area contributed by atoms with Gasteiger partial charge in [0.05, 0.1) is 6.54 Å². The Labute approximate surface area is 146 Å². The van der Waals surface area contributed by atoms with Crippen molar-refractivity contribution in [2.45, 2.75) is 26.7 Å². The van der Waals surface area contributed by atoms with E-state index in [1.165, 1.54) is 0 Å². The van der Waals surface area contributed by atoms with E-state index in [9.17, 15) is 9.59 Å². The zero-order chi connectivity index (χ0) is 15.9. The lowest BCUT2D eigenvalue weighted by Crippen LogP contribution is -2.53. The highest BCUT2D eigenvalue weighted by atomic mass is 35.5. The van der Waals surface area contributed by atoms with Crippen molar-refractivity contribution in [2.24, 2.45) is 5.92 Å². The molecule has 2 aliphatic heterocycles. The number of carbonyl (C=O) groups is 2. The summed E-state index contributed by atoms with van der Waals surface area (Å²) in [7, 11) is 0. The summed E-state index contributed by atoms with van der Waals surface area (Å²) >= 11 is 0. The zero-order valence-electron chi connectivity index (χ0n) is 14.4. The SMILES string of the molecule is CCN(CC)C(=O)CN1CCN(C(=O)C2CCNCC2)CC1.Cl. The summed E-state index contributed by atoms with van der Waals surface area (Å²) in [6.45, 7) is 11.1. The number of nitrogens with zero attached hydrogens (tertiary/aromatic N) is 3. The third kappa shape index (κ3) is 5.62. The average molecular weight is 347 g/mol. The van der Waals surface area contributed by atoms with Crippen LogP contribution in [0, 0.1) is 5.92 Å². The predicted octanol–water partition coefficient (Wildman–Crippen LogP) is 0.420. The van der Waals surface area contributed by atoms with Gasteiger partial charge in [0, 0.05) is 45.2 Å². The van der Waals surface area contributed by atoms with Crippen LogP contribution in [0.1, 0.15) is 26.7 Å². The van der Waals surface area contributed by atoms with Gasteiger partial charge in [-0.05, 0) is 39.8 Å². The van der Waals surface area contributed by atoms with Crippen LogP contribution < -0.4 is 5.32 Å². The monoisotopic (exact) mass is 346 g/mol. The quantitative estimate of drug-likeness (QED) is 0.784. The molecule has 23 heavy (non-hydrogen) atoms. The molecule has 0 radical (unpaired) electrons. The van der Waals surface area contributed by atoms with Crippen molar-refractivity contribution in [3.63, 3.8) is 0 Å². The molecule has 0 aromatic rings. The van der Waals surface area contributed by atoms with Gasteiger partial charge in [0.15, 0.2) is 0 Å². The van der Waals surface area contributed by atoms with E-state index in [1.807, 2.05) is 23.6 Å². The molecule has 2 fully saturated rings. The lowest BCUT2D eigenvalue weighted by molar-refractivity contribution is -0.138. The molecule has 134 valence electrons. The molecule has 2 rings (SSSR count). The number of hydrogen-bond donors (Lipinski definition) is 1. The van der Waals surface area contributed by atoms with E-state index in [0.717, 1.165) is 65.2 Å². The molecule has 2 saturated heterocycles. The van der Waals surface area contributed by atoms with Gasteiger partial charge in [-0.15, -0.1) is 12.4 Å². The minimum Gasteiger partial charge on any atom is -0.342 e. The van der Waals surface area contributed by atoms with Crippen LogP contribution in [0.5, 0.6) is 0 Å². The van der Waals surface area contributed by atoms with E-state index in [4.69, 9.17) is 0 Å². The fourth-order valence-electron chi connectivity index (χ4n) is 3.32. The summed E-state index contributed by atoms with van der Waals surface area (Å²) in [5.74, 6) is 0.712. The average Bonchev–Trinajstić information content (AvgIpc) is 2.57. The second-order valence-electron chi connectivity index (χ2n) is 6.19. The summed E-state index contributed by atoms with van der Waals surface area (Å²) in [5, 5.41) is 3.30. The number of carbonyl (C=O) groups excluding carboxylic acids is 2. The Hall–Kier alpha value is -0.850. The molecule has 7 heteroatoms. The third-order valence-electron chi connectivity index (χ3n) is 4.85. The number of piperazine rings is 1. The molecule has 0 bridgehead atoms. The first-order valence-electron chi connectivity index (χ1n) is 8.65. The summed E-state index contributed by atoms with van der Waals surface area (Å²) in [6, 6.07) is 0. The Bertz CT molecular complexity index is 376. The number of halogens is 1. The first-order chi connectivity index (χ1) is 10.7. The second kappa shape index (κ2) is 10.1. The van der Waals surface area contributed by atoms with Gasteiger partial charge in [-0.25, -0.2) is 0 Å². The largest absolute Gasteiger partial charge is 0.342 e. The van der Waals surface area contributed by atoms with Crippen LogP contribution in [0.15, 0.2) is 0 Å². The highest BCUT2D eigenvalue weighted by Crippen LogP contribution is 2.16. The van der Waals surface area contributed by atoms with Gasteiger partial charge in [0.2, 0.25) is 11.8 Å². The molecule has 2 heterocycles. The predicted molar refractivity (Wildman–Crippen MR) is 93.8 cm³/mol. The highest BCUT2D eigenvalue weighted by Gasteiger charge is 2.29. The maximum absolute atomic E-state index is 12.5. The summed E-state index contributed by atoms with van der Waals surface area (Å²) < 4.78 is 0. The molecular formula is C16H31ClN4O2. The standard InChI is InChI=1S/C16H30N4O2.ClH/c1-3-19(4-2)15(21)13-18-9-11-20(12-10-18)16(22)14-5-7-17-8-6-14;/h14,17H,3-13H2,1-2H3;1H. The van der Waals surface area contributed by atoms with Crippen LogP contribution in [-0.2, 0) is 9.59 Å². The number of rotatable bonds is 5. The van der Waals surface area contributed by atoms with E-state index in [0.29, 0.717) is 12.5 Å². The van der Waals surface area contributed by atoms with Gasteiger partial charge in [0.25, 0.3) is 0 Å². The first-order valence-corrected chi connectivity index (χ1v) is 8.65. The smallest absolute Gasteiger partial charge is 0.236 e. The molecule has 0 spiro atoms. The van der Waals surface area contributed by atoms with Gasteiger partial charge >= 0.3 is 0 Å². The number of amides is 2. The molecule has 1 N–H and O–H groups in total. The van der Waals surface area contributed by atoms with Crippen LogP contribution in [0.2, 0.25) is 0 Å². The molecule has 2 amide bonds. The van der Waals surface area contributed by atoms with Crippen molar-refractivity contribution >= 4 is 24.2 Å². The van der Waals surface area contributed by atoms with Gasteiger partial charge in [-0.2, -0.15) is 0 Å². The molecule has 0 unspecified atom stereocenters. The van der Waals surface area contributed by atoms with E-state index in [2.05, 4.69) is 10.2 Å². The van der Waals surface area contributed by atoms with E-state index < -0.39 is 0 Å². The molecule has 0 aliphatic carbocycles. The van der Waals surface area contributed by atoms with Crippen molar-refractivity contribution in [1.82, 2.24) is 20.0 Å². The number of nitrogens with one attached hydrogen (secondary N) is 1. The Morgan fingerprint density at radius 2 is 1.61 bits per heavy atom. The Balaban J connectivity index is 0.00000264. The van der Waals surface area contributed by atoms with Crippen LogP contribution in [0.25, 0.3) is 0 Å². The number of likely N-dealkylation sites (N-methyl/N-ethyl adjacent to an activating group) is 1. The molecule has 0 saturated carbocycles. The fourth-order valence-corrected chi connectivity index (χ4v) is 3.32. The van der Waals surface area contributed by atoms with Crippen molar-refractivity contribution in [3.8, 4) is 0 Å². The summed E-state index contributed by atoms with van der Waals surface area (Å²) in [6.07, 6.45) is 1.92. The Morgan fingerprint density at radius 1 is 1.04 bits per heavy atom. The van der Waals surface area contributed by atoms with E-state index in [-0.39, 0.29) is 24.2 Å². The second-order valence-corrected chi connectivity index (χ2v) is 6.19. The highest BCUT2D eigenvalue weighted by molar-refractivity contribution is 5.85. The van der Waals surface area contributed by atoms with E-state index >= 15 is 0 Å². The minimum absolute atomic E-state index is 0. The molecule has 2 aliphatic rings. The van der Waals surface area contributed by atoms with Crippen molar-refractivity contribution in [1.29, 1.82) is 0 Å². The third-order valence-corrected chi connectivity index (χ3v) is 4.85. The Kier molecular flexibility index (Phi) is 8.87. The minimum atomic E-state index is 0. The van der Waals surface area contributed by atoms with Crippen molar-refractivity contribution in [2.75, 3.05) is 58.9 Å². The van der Waals surface area contributed by atoms with Gasteiger partial charge in [-0.3, -0.25) is 14.5 Å². The fraction of sp³-hybridized carbons (Fsp3) is 0.875. The van der Waals surface area contributed by atoms with Crippen LogP contribution in [0.3, 0.4) is 0 Å². The Morgan fingerprint density at radius 3 is 2.13 bits per heavy atom. The number of piperidine rings is 1. The first kappa shape index (κ1) is 20.2. The number of hydrogen-bond acceptors (Lipinski definition) is 4.